The Morgan fingerprint density at radius 3 is 2.30 bits per heavy atom. The Balaban J connectivity index is 1.49. The van der Waals surface area contributed by atoms with Crippen LogP contribution in [0.25, 0.3) is 0 Å². The number of hydrogen-bond acceptors (Lipinski definition) is 6. The third kappa shape index (κ3) is 4.36. The molecule has 2 aromatic rings. The first kappa shape index (κ1) is 20.1. The maximum Gasteiger partial charge on any atom is 0.320 e. The van der Waals surface area contributed by atoms with Crippen LogP contribution in [0.4, 0.5) is 0 Å². The number of hydrogen-bond donors (Lipinski definition) is 1. The van der Waals surface area contributed by atoms with Gasteiger partial charge in [0.1, 0.15) is 6.04 Å². The fourth-order valence-corrected chi connectivity index (χ4v) is 3.97. The van der Waals surface area contributed by atoms with Crippen molar-refractivity contribution in [2.24, 2.45) is 10.9 Å². The third-order valence-electron chi connectivity index (χ3n) is 5.61. The minimum Gasteiger partial charge on any atom is -0.468 e. The van der Waals surface area contributed by atoms with Crippen LogP contribution in [0.1, 0.15) is 17.2 Å². The molecule has 1 N–H and O–H groups in total. The molecule has 7 nitrogen and oxygen atoms in total. The molecule has 2 aromatic carbocycles. The Morgan fingerprint density at radius 1 is 1.03 bits per heavy atom. The van der Waals surface area contributed by atoms with E-state index in [9.17, 15) is 9.59 Å². The average Bonchev–Trinajstić information content (AvgIpc) is 2.80. The van der Waals surface area contributed by atoms with Gasteiger partial charge in [-0.05, 0) is 11.1 Å². The maximum absolute atomic E-state index is 12.8. The van der Waals surface area contributed by atoms with Gasteiger partial charge in [0, 0.05) is 32.7 Å². The smallest absolute Gasteiger partial charge is 0.320 e. The molecule has 30 heavy (non-hydrogen) atoms. The summed E-state index contributed by atoms with van der Waals surface area (Å²) in [6.45, 7) is 4.18. The summed E-state index contributed by atoms with van der Waals surface area (Å²) in [4.78, 5) is 34.3. The number of piperazine rings is 1. The van der Waals surface area contributed by atoms with Crippen LogP contribution in [0.2, 0.25) is 0 Å². The van der Waals surface area contributed by atoms with Gasteiger partial charge < -0.3 is 9.64 Å². The van der Waals surface area contributed by atoms with Crippen LogP contribution >= 0.6 is 0 Å². The van der Waals surface area contributed by atoms with Crippen molar-refractivity contribution in [3.05, 3.63) is 71.8 Å². The summed E-state index contributed by atoms with van der Waals surface area (Å²) in [6.07, 6.45) is 0. The Labute approximate surface area is 176 Å². The van der Waals surface area contributed by atoms with Gasteiger partial charge in [-0.2, -0.15) is 0 Å². The molecule has 2 aliphatic heterocycles. The van der Waals surface area contributed by atoms with E-state index in [4.69, 9.17) is 9.73 Å². The summed E-state index contributed by atoms with van der Waals surface area (Å²) in [6, 6.07) is 19.2. The van der Waals surface area contributed by atoms with Crippen LogP contribution in [0.5, 0.6) is 0 Å². The second kappa shape index (κ2) is 9.09. The number of nitrogens with zero attached hydrogens (tertiary/aromatic N) is 3. The lowest BCUT2D eigenvalue weighted by atomic mass is 9.91. The van der Waals surface area contributed by atoms with Crippen molar-refractivity contribution in [2.45, 2.75) is 12.6 Å². The summed E-state index contributed by atoms with van der Waals surface area (Å²) in [5.74, 6) is -1.39. The quantitative estimate of drug-likeness (QED) is 0.619. The Morgan fingerprint density at radius 2 is 1.67 bits per heavy atom. The van der Waals surface area contributed by atoms with E-state index in [2.05, 4.69) is 39.4 Å². The lowest BCUT2D eigenvalue weighted by Gasteiger charge is -2.39. The molecular formula is C23H26N4O3. The number of guanidine groups is 1. The van der Waals surface area contributed by atoms with Crippen molar-refractivity contribution in [1.82, 2.24) is 15.1 Å². The summed E-state index contributed by atoms with van der Waals surface area (Å²) in [5, 5.41) is 2.83. The predicted octanol–water partition coefficient (Wildman–Crippen LogP) is 1.82. The standard InChI is InChI=1S/C23H26N4O3/c1-30-22(29)19-20(18-10-6-3-7-11-18)24-23(25-21(19)28)27-14-12-26(13-15-27)16-17-8-4-2-5-9-17/h2-11,19-20H,12-16H2,1H3,(H,24,25,28). The van der Waals surface area contributed by atoms with Gasteiger partial charge in [-0.25, -0.2) is 4.99 Å². The molecule has 2 aliphatic rings. The number of carbonyl (C=O) groups is 2. The van der Waals surface area contributed by atoms with Crippen LogP contribution in [0.15, 0.2) is 65.7 Å². The number of amides is 1. The van der Waals surface area contributed by atoms with E-state index in [0.717, 1.165) is 38.3 Å². The van der Waals surface area contributed by atoms with Gasteiger partial charge in [0.15, 0.2) is 5.92 Å². The Bertz CT molecular complexity index is 909. The molecule has 0 spiro atoms. The van der Waals surface area contributed by atoms with E-state index < -0.39 is 17.9 Å². The normalized spacial score (nSPS) is 22.2. The zero-order valence-electron chi connectivity index (χ0n) is 17.0. The number of methoxy groups -OCH3 is 1. The van der Waals surface area contributed by atoms with Gasteiger partial charge in [0.2, 0.25) is 11.9 Å². The SMILES string of the molecule is COC(=O)C1C(=O)NC(N2CCN(Cc3ccccc3)CC2)=NC1c1ccccc1. The van der Waals surface area contributed by atoms with Crippen LogP contribution in [0.3, 0.4) is 0 Å². The molecule has 0 aromatic heterocycles. The molecule has 2 atom stereocenters. The van der Waals surface area contributed by atoms with Crippen LogP contribution in [-0.2, 0) is 20.9 Å². The van der Waals surface area contributed by atoms with Crippen LogP contribution in [0, 0.1) is 5.92 Å². The van der Waals surface area contributed by atoms with Gasteiger partial charge in [0.25, 0.3) is 0 Å². The lowest BCUT2D eigenvalue weighted by molar-refractivity contribution is -0.151. The fourth-order valence-electron chi connectivity index (χ4n) is 3.97. The molecule has 4 rings (SSSR count). The number of aliphatic imine (C=N–C) groups is 1. The zero-order valence-corrected chi connectivity index (χ0v) is 17.0. The van der Waals surface area contributed by atoms with Crippen molar-refractivity contribution < 1.29 is 14.3 Å². The Kier molecular flexibility index (Phi) is 6.09. The third-order valence-corrected chi connectivity index (χ3v) is 5.61. The highest BCUT2D eigenvalue weighted by Crippen LogP contribution is 2.30. The summed E-state index contributed by atoms with van der Waals surface area (Å²) in [5.41, 5.74) is 2.11. The molecule has 1 saturated heterocycles. The number of benzene rings is 2. The van der Waals surface area contributed by atoms with Gasteiger partial charge >= 0.3 is 5.97 Å². The van der Waals surface area contributed by atoms with Crippen LogP contribution in [-0.4, -0.2) is 60.9 Å². The molecule has 156 valence electrons. The van der Waals surface area contributed by atoms with Crippen molar-refractivity contribution in [3.63, 3.8) is 0 Å². The predicted molar refractivity (Wildman–Crippen MR) is 114 cm³/mol. The first-order valence-electron chi connectivity index (χ1n) is 10.2. The number of ether oxygens (including phenoxy) is 1. The molecule has 2 heterocycles. The second-order valence-electron chi connectivity index (χ2n) is 7.55. The molecule has 0 radical (unpaired) electrons. The summed E-state index contributed by atoms with van der Waals surface area (Å²) >= 11 is 0. The molecule has 0 bridgehead atoms. The van der Waals surface area contributed by atoms with Crippen LogP contribution < -0.4 is 5.32 Å². The largest absolute Gasteiger partial charge is 0.468 e. The van der Waals surface area contributed by atoms with E-state index in [1.165, 1.54) is 12.7 Å². The molecule has 0 aliphatic carbocycles. The highest BCUT2D eigenvalue weighted by atomic mass is 16.5. The maximum atomic E-state index is 12.8. The molecule has 7 heteroatoms. The minimum absolute atomic E-state index is 0.368. The summed E-state index contributed by atoms with van der Waals surface area (Å²) < 4.78 is 4.87. The van der Waals surface area contributed by atoms with Gasteiger partial charge in [-0.15, -0.1) is 0 Å². The van der Waals surface area contributed by atoms with Crippen molar-refractivity contribution >= 4 is 17.8 Å². The number of esters is 1. The molecule has 1 fully saturated rings. The van der Waals surface area contributed by atoms with Gasteiger partial charge in [-0.3, -0.25) is 19.8 Å². The molecule has 0 saturated carbocycles. The van der Waals surface area contributed by atoms with Crippen molar-refractivity contribution in [2.75, 3.05) is 33.3 Å². The zero-order chi connectivity index (χ0) is 20.9. The molecule has 1 amide bonds. The summed E-state index contributed by atoms with van der Waals surface area (Å²) in [7, 11) is 1.29. The Hall–Kier alpha value is -3.19. The highest BCUT2D eigenvalue weighted by molar-refractivity contribution is 6.08. The van der Waals surface area contributed by atoms with Crippen molar-refractivity contribution in [3.8, 4) is 0 Å². The lowest BCUT2D eigenvalue weighted by Crippen LogP contribution is -2.57. The fraction of sp³-hybridized carbons (Fsp3) is 0.348. The first-order valence-corrected chi connectivity index (χ1v) is 10.2. The van der Waals surface area contributed by atoms with E-state index in [1.54, 1.807) is 0 Å². The van der Waals surface area contributed by atoms with E-state index in [1.807, 2.05) is 36.4 Å². The molecule has 2 unspecified atom stereocenters. The van der Waals surface area contributed by atoms with E-state index in [-0.39, 0.29) is 5.91 Å². The number of carbonyl (C=O) groups excluding carboxylic acids is 2. The van der Waals surface area contributed by atoms with Gasteiger partial charge in [-0.1, -0.05) is 60.7 Å². The molecular weight excluding hydrogens is 380 g/mol. The first-order chi connectivity index (χ1) is 14.7. The second-order valence-corrected chi connectivity index (χ2v) is 7.55. The average molecular weight is 406 g/mol. The van der Waals surface area contributed by atoms with E-state index >= 15 is 0 Å². The van der Waals surface area contributed by atoms with E-state index in [0.29, 0.717) is 5.96 Å². The highest BCUT2D eigenvalue weighted by Gasteiger charge is 2.41. The number of nitrogens with one attached hydrogen (secondary N) is 1. The monoisotopic (exact) mass is 406 g/mol. The topological polar surface area (TPSA) is 74.2 Å². The van der Waals surface area contributed by atoms with Gasteiger partial charge in [0.05, 0.1) is 7.11 Å². The van der Waals surface area contributed by atoms with Crippen molar-refractivity contribution in [1.29, 1.82) is 0 Å². The number of rotatable bonds is 4. The minimum atomic E-state index is -0.986.